The lowest BCUT2D eigenvalue weighted by atomic mass is 9.96. The zero-order valence-electron chi connectivity index (χ0n) is 16.0. The maximum atomic E-state index is 14.2. The van der Waals surface area contributed by atoms with E-state index in [0.29, 0.717) is 21.9 Å². The van der Waals surface area contributed by atoms with Gasteiger partial charge in [-0.15, -0.1) is 21.5 Å². The van der Waals surface area contributed by atoms with Gasteiger partial charge in [-0.25, -0.2) is 14.1 Å². The van der Waals surface area contributed by atoms with Gasteiger partial charge in [0.2, 0.25) is 11.1 Å². The van der Waals surface area contributed by atoms with Crippen LogP contribution in [0.1, 0.15) is 39.2 Å². The molecule has 3 aromatic rings. The van der Waals surface area contributed by atoms with Gasteiger partial charge < -0.3 is 5.84 Å². The summed E-state index contributed by atoms with van der Waals surface area (Å²) in [6, 6.07) is 6.13. The van der Waals surface area contributed by atoms with Gasteiger partial charge in [0, 0.05) is 23.5 Å². The first kappa shape index (κ1) is 20.3. The normalized spacial score (nSPS) is 11.6. The molecule has 0 unspecified atom stereocenters. The number of aromatic nitrogens is 4. The van der Waals surface area contributed by atoms with Crippen molar-refractivity contribution < 1.29 is 9.18 Å². The van der Waals surface area contributed by atoms with Crippen molar-refractivity contribution in [3.63, 3.8) is 0 Å². The Morgan fingerprint density at radius 2 is 2.04 bits per heavy atom. The molecule has 10 heteroatoms. The molecule has 0 saturated heterocycles. The number of benzene rings is 1. The second kappa shape index (κ2) is 7.88. The second-order valence-electron chi connectivity index (χ2n) is 7.14. The van der Waals surface area contributed by atoms with E-state index in [0.717, 1.165) is 5.69 Å². The number of hydrogen-bond acceptors (Lipinski definition) is 7. The molecule has 0 saturated carbocycles. The number of carbonyl (C=O) groups is 1. The molecule has 1 aromatic carbocycles. The SMILES string of the molecule is CC(=O)N(c1nc(CSc2nnc(C(C)(C)C)n2N)cs1)c1ccccc1F. The van der Waals surface area contributed by atoms with Crippen LogP contribution in [0.3, 0.4) is 0 Å². The van der Waals surface area contributed by atoms with Crippen molar-refractivity contribution in [1.82, 2.24) is 19.9 Å². The van der Waals surface area contributed by atoms with E-state index in [4.69, 9.17) is 5.84 Å². The smallest absolute Gasteiger partial charge is 0.230 e. The maximum Gasteiger partial charge on any atom is 0.230 e. The van der Waals surface area contributed by atoms with E-state index in [9.17, 15) is 9.18 Å². The summed E-state index contributed by atoms with van der Waals surface area (Å²) < 4.78 is 15.6. The van der Waals surface area contributed by atoms with Crippen LogP contribution in [0.25, 0.3) is 0 Å². The second-order valence-corrected chi connectivity index (χ2v) is 8.92. The number of nitrogen functional groups attached to an aromatic ring is 1. The van der Waals surface area contributed by atoms with Crippen molar-refractivity contribution in [3.05, 3.63) is 47.0 Å². The van der Waals surface area contributed by atoms with E-state index < -0.39 is 5.82 Å². The molecule has 1 amide bonds. The van der Waals surface area contributed by atoms with Gasteiger partial charge in [0.05, 0.1) is 11.4 Å². The lowest BCUT2D eigenvalue weighted by Gasteiger charge is -2.18. The number of amides is 1. The van der Waals surface area contributed by atoms with Crippen LogP contribution in [0.4, 0.5) is 15.2 Å². The summed E-state index contributed by atoms with van der Waals surface area (Å²) >= 11 is 2.68. The van der Waals surface area contributed by atoms with E-state index in [1.54, 1.807) is 18.2 Å². The molecule has 0 fully saturated rings. The summed E-state index contributed by atoms with van der Waals surface area (Å²) in [5.41, 5.74) is 0.712. The number of nitrogens with two attached hydrogens (primary N) is 1. The van der Waals surface area contributed by atoms with E-state index >= 15 is 0 Å². The van der Waals surface area contributed by atoms with Crippen LogP contribution >= 0.6 is 23.1 Å². The number of thioether (sulfide) groups is 1. The minimum absolute atomic E-state index is 0.181. The van der Waals surface area contributed by atoms with Crippen molar-refractivity contribution in [2.75, 3.05) is 10.7 Å². The first-order valence-corrected chi connectivity index (χ1v) is 10.4. The van der Waals surface area contributed by atoms with E-state index in [-0.39, 0.29) is 17.0 Å². The Morgan fingerprint density at radius 1 is 1.32 bits per heavy atom. The maximum absolute atomic E-state index is 14.2. The number of halogens is 1. The molecular formula is C18H21FN6OS2. The van der Waals surface area contributed by atoms with Gasteiger partial charge in [-0.1, -0.05) is 44.7 Å². The Balaban J connectivity index is 1.78. The first-order chi connectivity index (χ1) is 13.2. The molecule has 28 heavy (non-hydrogen) atoms. The van der Waals surface area contributed by atoms with Crippen molar-refractivity contribution in [2.24, 2.45) is 0 Å². The van der Waals surface area contributed by atoms with Crippen molar-refractivity contribution in [2.45, 2.75) is 44.0 Å². The minimum Gasteiger partial charge on any atom is -0.336 e. The van der Waals surface area contributed by atoms with Gasteiger partial charge >= 0.3 is 0 Å². The molecule has 0 atom stereocenters. The standard InChI is InChI=1S/C18H21FN6OS2/c1-11(26)24(14-8-6-5-7-13(14)19)16-21-12(9-27-16)10-28-17-23-22-15(25(17)20)18(2,3)4/h5-9H,10,20H2,1-4H3. The number of anilines is 2. The average Bonchev–Trinajstić information content (AvgIpc) is 3.21. The van der Waals surface area contributed by atoms with Crippen molar-refractivity contribution in [3.8, 4) is 0 Å². The molecule has 2 aromatic heterocycles. The van der Waals surface area contributed by atoms with Gasteiger partial charge in [0.25, 0.3) is 0 Å². The molecule has 148 valence electrons. The van der Waals surface area contributed by atoms with E-state index in [2.05, 4.69) is 15.2 Å². The van der Waals surface area contributed by atoms with Crippen LogP contribution in [0, 0.1) is 5.82 Å². The van der Waals surface area contributed by atoms with Gasteiger partial charge in [-0.2, -0.15) is 0 Å². The van der Waals surface area contributed by atoms with Crippen LogP contribution in [-0.4, -0.2) is 25.8 Å². The Hall–Kier alpha value is -2.46. The predicted octanol–water partition coefficient (Wildman–Crippen LogP) is 3.86. The molecule has 0 spiro atoms. The van der Waals surface area contributed by atoms with Gasteiger partial charge in [0.15, 0.2) is 11.0 Å². The Bertz CT molecular complexity index is 994. The summed E-state index contributed by atoms with van der Waals surface area (Å²) in [5, 5.41) is 11.1. The Labute approximate surface area is 170 Å². The van der Waals surface area contributed by atoms with Crippen LogP contribution in [-0.2, 0) is 16.0 Å². The van der Waals surface area contributed by atoms with Crippen molar-refractivity contribution in [1.29, 1.82) is 0 Å². The summed E-state index contributed by atoms with van der Waals surface area (Å²) in [6.07, 6.45) is 0. The molecule has 0 aliphatic heterocycles. The molecule has 0 aliphatic rings. The lowest BCUT2D eigenvalue weighted by Crippen LogP contribution is -2.24. The third-order valence-corrected chi connectivity index (χ3v) is 5.67. The zero-order chi connectivity index (χ0) is 20.5. The third kappa shape index (κ3) is 4.17. The number of hydrogen-bond donors (Lipinski definition) is 1. The number of carbonyl (C=O) groups excluding carboxylic acids is 1. The zero-order valence-corrected chi connectivity index (χ0v) is 17.6. The van der Waals surface area contributed by atoms with Crippen LogP contribution in [0.15, 0.2) is 34.8 Å². The summed E-state index contributed by atoms with van der Waals surface area (Å²) in [6.45, 7) is 7.43. The summed E-state index contributed by atoms with van der Waals surface area (Å²) in [7, 11) is 0. The molecule has 3 rings (SSSR count). The van der Waals surface area contributed by atoms with Gasteiger partial charge in [0.1, 0.15) is 5.82 Å². The summed E-state index contributed by atoms with van der Waals surface area (Å²) in [5.74, 6) is 6.50. The highest BCUT2D eigenvalue weighted by molar-refractivity contribution is 7.98. The van der Waals surface area contributed by atoms with Crippen molar-refractivity contribution >= 4 is 39.8 Å². The summed E-state index contributed by atoms with van der Waals surface area (Å²) in [4.78, 5) is 17.9. The Kier molecular flexibility index (Phi) is 5.71. The monoisotopic (exact) mass is 420 g/mol. The molecule has 0 aliphatic carbocycles. The molecule has 2 heterocycles. The number of nitrogens with zero attached hydrogens (tertiary/aromatic N) is 5. The fourth-order valence-electron chi connectivity index (χ4n) is 2.53. The first-order valence-electron chi connectivity index (χ1n) is 8.52. The lowest BCUT2D eigenvalue weighted by molar-refractivity contribution is -0.115. The largest absolute Gasteiger partial charge is 0.336 e. The van der Waals surface area contributed by atoms with Crippen LogP contribution < -0.4 is 10.7 Å². The predicted molar refractivity (Wildman–Crippen MR) is 110 cm³/mol. The Morgan fingerprint density at radius 3 is 2.64 bits per heavy atom. The fourth-order valence-corrected chi connectivity index (χ4v) is 4.27. The van der Waals surface area contributed by atoms with Gasteiger partial charge in [-0.3, -0.25) is 9.69 Å². The van der Waals surface area contributed by atoms with E-state index in [1.165, 1.54) is 45.7 Å². The molecule has 7 nitrogen and oxygen atoms in total. The highest BCUT2D eigenvalue weighted by Crippen LogP contribution is 2.32. The molecular weight excluding hydrogens is 399 g/mol. The van der Waals surface area contributed by atoms with Gasteiger partial charge in [-0.05, 0) is 12.1 Å². The molecule has 0 bridgehead atoms. The van der Waals surface area contributed by atoms with E-state index in [1.807, 2.05) is 26.2 Å². The highest BCUT2D eigenvalue weighted by atomic mass is 32.2. The number of rotatable bonds is 5. The minimum atomic E-state index is -0.477. The van der Waals surface area contributed by atoms with Crippen LogP contribution in [0.5, 0.6) is 0 Å². The quantitative estimate of drug-likeness (QED) is 0.498. The highest BCUT2D eigenvalue weighted by Gasteiger charge is 2.24. The fraction of sp³-hybridized carbons (Fsp3) is 0.333. The topological polar surface area (TPSA) is 89.9 Å². The molecule has 0 radical (unpaired) electrons. The molecule has 2 N–H and O–H groups in total. The number of para-hydroxylation sites is 1. The number of thiazole rings is 1. The average molecular weight is 421 g/mol. The third-order valence-electron chi connectivity index (χ3n) is 3.82. The van der Waals surface area contributed by atoms with Crippen LogP contribution in [0.2, 0.25) is 0 Å².